The van der Waals surface area contributed by atoms with Gasteiger partial charge in [-0.15, -0.1) is 10.2 Å². The van der Waals surface area contributed by atoms with Crippen molar-refractivity contribution in [2.24, 2.45) is 0 Å². The summed E-state index contributed by atoms with van der Waals surface area (Å²) < 4.78 is 6.10. The second-order valence-corrected chi connectivity index (χ2v) is 10.4. The van der Waals surface area contributed by atoms with Crippen LogP contribution in [0.15, 0.2) is 66.9 Å². The number of aromatic nitrogens is 4. The van der Waals surface area contributed by atoms with E-state index in [1.54, 1.807) is 18.3 Å². The van der Waals surface area contributed by atoms with E-state index < -0.39 is 0 Å². The third kappa shape index (κ3) is 5.86. The Balaban J connectivity index is 1.14. The van der Waals surface area contributed by atoms with Gasteiger partial charge in [-0.2, -0.15) is 0 Å². The molecule has 4 aromatic rings. The fraction of sp³-hybridized carbons (Fsp3) is 0.312. The van der Waals surface area contributed by atoms with Gasteiger partial charge < -0.3 is 30.3 Å². The van der Waals surface area contributed by atoms with E-state index in [1.807, 2.05) is 42.5 Å². The van der Waals surface area contributed by atoms with E-state index in [1.165, 1.54) is 0 Å². The average molecular weight is 563 g/mol. The number of rotatable bonds is 5. The second-order valence-electron chi connectivity index (χ2n) is 10.4. The van der Waals surface area contributed by atoms with Crippen molar-refractivity contribution in [3.8, 4) is 34.6 Å². The van der Waals surface area contributed by atoms with Gasteiger partial charge in [-0.25, -0.2) is 9.97 Å². The maximum absolute atomic E-state index is 10.3. The van der Waals surface area contributed by atoms with Crippen molar-refractivity contribution in [2.45, 2.75) is 25.9 Å². The zero-order valence-corrected chi connectivity index (χ0v) is 23.6. The molecular formula is C32H34N8O2. The van der Waals surface area contributed by atoms with Gasteiger partial charge in [-0.1, -0.05) is 37.1 Å². The third-order valence-electron chi connectivity index (χ3n) is 7.63. The molecule has 0 spiro atoms. The molecule has 42 heavy (non-hydrogen) atoms. The molecule has 0 saturated carbocycles. The molecule has 2 aromatic carbocycles. The fourth-order valence-electron chi connectivity index (χ4n) is 5.39. The van der Waals surface area contributed by atoms with Crippen LogP contribution in [0, 0.1) is 11.8 Å². The molecular weight excluding hydrogens is 528 g/mol. The van der Waals surface area contributed by atoms with E-state index in [0.29, 0.717) is 29.4 Å². The molecule has 1 fully saturated rings. The molecule has 214 valence electrons. The van der Waals surface area contributed by atoms with E-state index in [4.69, 9.17) is 15.5 Å². The molecule has 1 saturated heterocycles. The molecule has 0 aliphatic carbocycles. The lowest BCUT2D eigenvalue weighted by Crippen LogP contribution is -2.39. The predicted octanol–water partition coefficient (Wildman–Crippen LogP) is 3.97. The number of benzene rings is 2. The zero-order chi connectivity index (χ0) is 28.9. The highest BCUT2D eigenvalue weighted by atomic mass is 16.5. The molecule has 2 aliphatic rings. The predicted molar refractivity (Wildman–Crippen MR) is 165 cm³/mol. The first kappa shape index (κ1) is 27.1. The lowest BCUT2D eigenvalue weighted by atomic mass is 10.1. The van der Waals surface area contributed by atoms with Gasteiger partial charge in [0.15, 0.2) is 5.82 Å². The van der Waals surface area contributed by atoms with Crippen LogP contribution in [-0.4, -0.2) is 70.6 Å². The summed E-state index contributed by atoms with van der Waals surface area (Å²) in [5.74, 6) is 9.26. The number of hydrogen-bond acceptors (Lipinski definition) is 10. The summed E-state index contributed by atoms with van der Waals surface area (Å²) in [7, 11) is 0. The summed E-state index contributed by atoms with van der Waals surface area (Å²) in [6.07, 6.45) is 3.78. The van der Waals surface area contributed by atoms with E-state index in [0.717, 1.165) is 68.5 Å². The lowest BCUT2D eigenvalue weighted by Gasteiger charge is -2.34. The number of phenols is 1. The minimum atomic E-state index is 0.152. The summed E-state index contributed by atoms with van der Waals surface area (Å²) in [5.41, 5.74) is 9.35. The summed E-state index contributed by atoms with van der Waals surface area (Å²) in [6.45, 7) is 6.65. The number of nitrogen functional groups attached to an aromatic ring is 1. The molecule has 10 nitrogen and oxygen atoms in total. The van der Waals surface area contributed by atoms with Crippen molar-refractivity contribution in [1.82, 2.24) is 20.2 Å². The van der Waals surface area contributed by atoms with Crippen molar-refractivity contribution in [1.29, 1.82) is 0 Å². The monoisotopic (exact) mass is 562 g/mol. The van der Waals surface area contributed by atoms with E-state index in [9.17, 15) is 5.11 Å². The molecule has 1 unspecified atom stereocenters. The Morgan fingerprint density at radius 2 is 1.79 bits per heavy atom. The normalized spacial score (nSPS) is 16.6. The number of nitrogens with two attached hydrogens (primary N) is 1. The summed E-state index contributed by atoms with van der Waals surface area (Å²) in [5, 5.41) is 18.7. The van der Waals surface area contributed by atoms with Crippen molar-refractivity contribution < 1.29 is 9.84 Å². The number of ether oxygens (including phenoxy) is 1. The fourth-order valence-corrected chi connectivity index (χ4v) is 5.39. The van der Waals surface area contributed by atoms with Crippen LogP contribution in [0.2, 0.25) is 0 Å². The van der Waals surface area contributed by atoms with Crippen LogP contribution < -0.4 is 25.2 Å². The Bertz CT molecular complexity index is 1620. The number of anilines is 4. The SMILES string of the molecule is CCC1CN(CC#Cc2nccc(N3CCCN(c4cc(-c5ccccc5O)nnc4N)CC3)n2)c2ccccc2O1. The van der Waals surface area contributed by atoms with Crippen LogP contribution in [-0.2, 0) is 0 Å². The van der Waals surface area contributed by atoms with E-state index in [2.05, 4.69) is 54.7 Å². The minimum Gasteiger partial charge on any atom is -0.507 e. The Morgan fingerprint density at radius 1 is 0.976 bits per heavy atom. The molecule has 3 N–H and O–H groups in total. The Hall–Kier alpha value is -5.04. The number of fused-ring (bicyclic) bond motifs is 1. The molecule has 0 amide bonds. The van der Waals surface area contributed by atoms with Gasteiger partial charge in [-0.05, 0) is 55.2 Å². The number of aromatic hydroxyl groups is 1. The smallest absolute Gasteiger partial charge is 0.206 e. The molecule has 2 aliphatic heterocycles. The van der Waals surface area contributed by atoms with Gasteiger partial charge in [0.05, 0.1) is 30.2 Å². The summed E-state index contributed by atoms with van der Waals surface area (Å²) >= 11 is 0. The number of nitrogens with zero attached hydrogens (tertiary/aromatic N) is 7. The molecule has 0 bridgehead atoms. The first-order valence-electron chi connectivity index (χ1n) is 14.3. The summed E-state index contributed by atoms with van der Waals surface area (Å²) in [6, 6.07) is 19.0. The number of hydrogen-bond donors (Lipinski definition) is 2. The number of para-hydroxylation sites is 3. The largest absolute Gasteiger partial charge is 0.507 e. The Labute approximate surface area is 245 Å². The van der Waals surface area contributed by atoms with Crippen molar-refractivity contribution in [2.75, 3.05) is 59.7 Å². The molecule has 1 atom stereocenters. The standard InChI is InChI=1S/C32H34N8O2/c1-2-23-22-40(26-10-4-6-12-29(26)42-23)16-7-13-30-34-15-14-31(35-30)39-18-8-17-38(19-20-39)27-21-25(36-37-32(27)33)24-9-3-5-11-28(24)41/h3-6,9-12,14-15,21,23,41H,2,8,16-20,22H2,1H3,(H2,33,37). The lowest BCUT2D eigenvalue weighted by molar-refractivity contribution is 0.190. The van der Waals surface area contributed by atoms with Crippen molar-refractivity contribution in [3.05, 3.63) is 72.7 Å². The highest BCUT2D eigenvalue weighted by molar-refractivity contribution is 5.74. The van der Waals surface area contributed by atoms with Gasteiger partial charge in [0, 0.05) is 37.9 Å². The topological polar surface area (TPSA) is 117 Å². The van der Waals surface area contributed by atoms with Gasteiger partial charge in [0.2, 0.25) is 5.82 Å². The molecule has 10 heteroatoms. The third-order valence-corrected chi connectivity index (χ3v) is 7.63. The maximum Gasteiger partial charge on any atom is 0.206 e. The van der Waals surface area contributed by atoms with E-state index in [-0.39, 0.29) is 11.9 Å². The van der Waals surface area contributed by atoms with Crippen molar-refractivity contribution in [3.63, 3.8) is 0 Å². The van der Waals surface area contributed by atoms with Crippen LogP contribution in [0.5, 0.6) is 11.5 Å². The highest BCUT2D eigenvalue weighted by Gasteiger charge is 2.24. The van der Waals surface area contributed by atoms with Gasteiger partial charge in [0.25, 0.3) is 0 Å². The molecule has 6 rings (SSSR count). The van der Waals surface area contributed by atoms with Crippen LogP contribution in [0.25, 0.3) is 11.3 Å². The first-order valence-corrected chi connectivity index (χ1v) is 14.3. The van der Waals surface area contributed by atoms with Crippen LogP contribution in [0.4, 0.5) is 23.0 Å². The maximum atomic E-state index is 10.3. The quantitative estimate of drug-likeness (QED) is 0.346. The molecule has 2 aromatic heterocycles. The van der Waals surface area contributed by atoms with Gasteiger partial charge in [-0.3, -0.25) is 0 Å². The highest BCUT2D eigenvalue weighted by Crippen LogP contribution is 2.34. The van der Waals surface area contributed by atoms with Crippen molar-refractivity contribution >= 4 is 23.0 Å². The Kier molecular flexibility index (Phi) is 7.90. The van der Waals surface area contributed by atoms with Crippen LogP contribution >= 0.6 is 0 Å². The molecule has 0 radical (unpaired) electrons. The Morgan fingerprint density at radius 3 is 2.67 bits per heavy atom. The molecule has 4 heterocycles. The summed E-state index contributed by atoms with van der Waals surface area (Å²) in [4.78, 5) is 15.9. The van der Waals surface area contributed by atoms with Gasteiger partial charge in [0.1, 0.15) is 23.4 Å². The minimum absolute atomic E-state index is 0.152. The zero-order valence-electron chi connectivity index (χ0n) is 23.6. The number of phenolic OH excluding ortho intramolecular Hbond substituents is 1. The van der Waals surface area contributed by atoms with E-state index >= 15 is 0 Å². The average Bonchev–Trinajstić information content (AvgIpc) is 3.28. The first-order chi connectivity index (χ1) is 20.6. The van der Waals surface area contributed by atoms with Crippen LogP contribution in [0.1, 0.15) is 25.6 Å². The second kappa shape index (κ2) is 12.2. The van der Waals surface area contributed by atoms with Gasteiger partial charge >= 0.3 is 0 Å². The van der Waals surface area contributed by atoms with Crippen LogP contribution in [0.3, 0.4) is 0 Å².